The fourth-order valence-corrected chi connectivity index (χ4v) is 2.48. The normalized spacial score (nSPS) is 30.2. The van der Waals surface area contributed by atoms with E-state index < -0.39 is 0 Å². The molecule has 2 nitrogen and oxygen atoms in total. The van der Waals surface area contributed by atoms with Crippen molar-refractivity contribution in [3.8, 4) is 0 Å². The third kappa shape index (κ3) is 1.000. The highest BCUT2D eigenvalue weighted by atomic mass is 19.1. The molecule has 1 N–H and O–H groups in total. The van der Waals surface area contributed by atoms with Crippen LogP contribution in [-0.4, -0.2) is 11.0 Å². The van der Waals surface area contributed by atoms with E-state index in [0.717, 1.165) is 24.0 Å². The number of aromatic nitrogens is 1. The average Bonchev–Trinajstić information content (AvgIpc) is 2.51. The molecule has 2 aliphatic heterocycles. The van der Waals surface area contributed by atoms with Crippen molar-refractivity contribution in [3.05, 3.63) is 29.3 Å². The van der Waals surface area contributed by atoms with E-state index in [0.29, 0.717) is 12.1 Å². The van der Waals surface area contributed by atoms with Crippen molar-refractivity contribution in [2.45, 2.75) is 31.3 Å². The zero-order valence-corrected chi connectivity index (χ0v) is 7.26. The minimum absolute atomic E-state index is 0.268. The monoisotopic (exact) mass is 178 g/mol. The molecule has 0 aromatic carbocycles. The standard InChI is InChI=1S/C10H11FN2/c11-10-8-5-6-1-2-9(13-6)7(8)3-4-12-10/h3-4,6,9,13H,1-2,5H2/t6-,9+/m0/s1. The summed E-state index contributed by atoms with van der Waals surface area (Å²) in [7, 11) is 0. The van der Waals surface area contributed by atoms with Gasteiger partial charge >= 0.3 is 0 Å². The van der Waals surface area contributed by atoms with Crippen LogP contribution in [0.1, 0.15) is 30.0 Å². The predicted octanol–water partition coefficient (Wildman–Crippen LogP) is 1.57. The van der Waals surface area contributed by atoms with Gasteiger partial charge in [-0.1, -0.05) is 0 Å². The highest BCUT2D eigenvalue weighted by molar-refractivity contribution is 5.33. The fraction of sp³-hybridized carbons (Fsp3) is 0.500. The Balaban J connectivity index is 2.16. The maximum atomic E-state index is 13.3. The molecule has 1 aromatic rings. The number of rotatable bonds is 0. The lowest BCUT2D eigenvalue weighted by atomic mass is 9.97. The van der Waals surface area contributed by atoms with Crippen molar-refractivity contribution in [2.24, 2.45) is 0 Å². The average molecular weight is 178 g/mol. The Labute approximate surface area is 76.2 Å². The van der Waals surface area contributed by atoms with Crippen LogP contribution in [0, 0.1) is 5.95 Å². The predicted molar refractivity (Wildman–Crippen MR) is 46.8 cm³/mol. The number of fused-ring (bicyclic) bond motifs is 4. The third-order valence-corrected chi connectivity index (χ3v) is 3.11. The molecule has 3 heterocycles. The van der Waals surface area contributed by atoms with Crippen LogP contribution < -0.4 is 5.32 Å². The van der Waals surface area contributed by atoms with Crippen molar-refractivity contribution in [1.82, 2.24) is 10.3 Å². The summed E-state index contributed by atoms with van der Waals surface area (Å²) in [5.74, 6) is -0.268. The summed E-state index contributed by atoms with van der Waals surface area (Å²) in [6, 6.07) is 2.81. The zero-order chi connectivity index (χ0) is 8.84. The Morgan fingerprint density at radius 2 is 2.38 bits per heavy atom. The SMILES string of the molecule is Fc1nccc2c1C[C@@H]1CC[C@H]2N1. The first kappa shape index (κ1) is 7.44. The van der Waals surface area contributed by atoms with E-state index in [1.165, 1.54) is 6.42 Å². The van der Waals surface area contributed by atoms with Crippen molar-refractivity contribution in [2.75, 3.05) is 0 Å². The zero-order valence-electron chi connectivity index (χ0n) is 7.26. The number of halogens is 1. The van der Waals surface area contributed by atoms with Gasteiger partial charge in [0.2, 0.25) is 5.95 Å². The molecule has 3 rings (SSSR count). The number of hydrogen-bond donors (Lipinski definition) is 1. The second-order valence-corrected chi connectivity index (χ2v) is 3.87. The van der Waals surface area contributed by atoms with Gasteiger partial charge in [-0.05, 0) is 30.9 Å². The van der Waals surface area contributed by atoms with Gasteiger partial charge in [-0.3, -0.25) is 0 Å². The summed E-state index contributed by atoms with van der Waals surface area (Å²) >= 11 is 0. The quantitative estimate of drug-likeness (QED) is 0.610. The highest BCUT2D eigenvalue weighted by Crippen LogP contribution is 2.35. The smallest absolute Gasteiger partial charge is 0.216 e. The molecule has 0 aliphatic carbocycles. The van der Waals surface area contributed by atoms with Crippen LogP contribution in [0.3, 0.4) is 0 Å². The van der Waals surface area contributed by atoms with E-state index in [9.17, 15) is 4.39 Å². The van der Waals surface area contributed by atoms with Gasteiger partial charge in [-0.25, -0.2) is 4.98 Å². The summed E-state index contributed by atoms with van der Waals surface area (Å²) in [4.78, 5) is 3.69. The maximum Gasteiger partial charge on any atom is 0.216 e. The first-order chi connectivity index (χ1) is 6.34. The minimum Gasteiger partial charge on any atom is -0.307 e. The molecule has 0 amide bonds. The Kier molecular flexibility index (Phi) is 1.44. The Morgan fingerprint density at radius 1 is 1.46 bits per heavy atom. The third-order valence-electron chi connectivity index (χ3n) is 3.11. The molecule has 68 valence electrons. The van der Waals surface area contributed by atoms with Crippen molar-refractivity contribution in [3.63, 3.8) is 0 Å². The summed E-state index contributed by atoms with van der Waals surface area (Å²) in [6.07, 6.45) is 4.68. The number of nitrogens with zero attached hydrogens (tertiary/aromatic N) is 1. The molecule has 1 saturated heterocycles. The van der Waals surface area contributed by atoms with E-state index in [-0.39, 0.29) is 5.95 Å². The van der Waals surface area contributed by atoms with Crippen LogP contribution in [0.4, 0.5) is 4.39 Å². The second kappa shape index (κ2) is 2.51. The Bertz CT molecular complexity index is 351. The molecular formula is C10H11FN2. The lowest BCUT2D eigenvalue weighted by Crippen LogP contribution is -2.32. The Hall–Kier alpha value is -0.960. The van der Waals surface area contributed by atoms with Gasteiger partial charge in [0.05, 0.1) is 0 Å². The van der Waals surface area contributed by atoms with E-state index >= 15 is 0 Å². The summed E-state index contributed by atoms with van der Waals surface area (Å²) in [5.41, 5.74) is 1.97. The van der Waals surface area contributed by atoms with Crippen LogP contribution in [-0.2, 0) is 6.42 Å². The lowest BCUT2D eigenvalue weighted by molar-refractivity contribution is 0.478. The first-order valence-electron chi connectivity index (χ1n) is 4.74. The van der Waals surface area contributed by atoms with Crippen LogP contribution in [0.25, 0.3) is 0 Å². The summed E-state index contributed by atoms with van der Waals surface area (Å²) in [6.45, 7) is 0. The van der Waals surface area contributed by atoms with Gasteiger partial charge in [-0.2, -0.15) is 4.39 Å². The van der Waals surface area contributed by atoms with Gasteiger partial charge in [0.1, 0.15) is 0 Å². The van der Waals surface area contributed by atoms with Gasteiger partial charge in [0.15, 0.2) is 0 Å². The number of hydrogen-bond acceptors (Lipinski definition) is 2. The molecule has 1 aromatic heterocycles. The van der Waals surface area contributed by atoms with Gasteiger partial charge in [0.25, 0.3) is 0 Å². The maximum absolute atomic E-state index is 13.3. The van der Waals surface area contributed by atoms with E-state index in [4.69, 9.17) is 0 Å². The summed E-state index contributed by atoms with van der Waals surface area (Å²) < 4.78 is 13.3. The fourth-order valence-electron chi connectivity index (χ4n) is 2.48. The molecule has 0 spiro atoms. The molecule has 2 bridgehead atoms. The molecule has 0 saturated carbocycles. The highest BCUT2D eigenvalue weighted by Gasteiger charge is 2.33. The number of pyridine rings is 1. The molecule has 2 atom stereocenters. The molecule has 13 heavy (non-hydrogen) atoms. The van der Waals surface area contributed by atoms with Crippen LogP contribution in [0.5, 0.6) is 0 Å². The topological polar surface area (TPSA) is 24.9 Å². The minimum atomic E-state index is -0.268. The molecule has 1 fully saturated rings. The van der Waals surface area contributed by atoms with Crippen molar-refractivity contribution >= 4 is 0 Å². The molecular weight excluding hydrogens is 167 g/mol. The van der Waals surface area contributed by atoms with Crippen molar-refractivity contribution < 1.29 is 4.39 Å². The van der Waals surface area contributed by atoms with Gasteiger partial charge < -0.3 is 5.32 Å². The van der Waals surface area contributed by atoms with E-state index in [1.54, 1.807) is 6.20 Å². The molecule has 0 unspecified atom stereocenters. The molecule has 3 heteroatoms. The lowest BCUT2D eigenvalue weighted by Gasteiger charge is -2.24. The van der Waals surface area contributed by atoms with Crippen LogP contribution in [0.2, 0.25) is 0 Å². The molecule has 2 aliphatic rings. The van der Waals surface area contributed by atoms with E-state index in [2.05, 4.69) is 10.3 Å². The second-order valence-electron chi connectivity index (χ2n) is 3.87. The van der Waals surface area contributed by atoms with Crippen LogP contribution in [0.15, 0.2) is 12.3 Å². The van der Waals surface area contributed by atoms with Gasteiger partial charge in [-0.15, -0.1) is 0 Å². The number of nitrogens with one attached hydrogen (secondary N) is 1. The van der Waals surface area contributed by atoms with Gasteiger partial charge in [0, 0.05) is 23.8 Å². The van der Waals surface area contributed by atoms with Crippen molar-refractivity contribution in [1.29, 1.82) is 0 Å². The largest absolute Gasteiger partial charge is 0.307 e. The van der Waals surface area contributed by atoms with Crippen LogP contribution >= 0.6 is 0 Å². The summed E-state index contributed by atoms with van der Waals surface area (Å²) in [5, 5.41) is 3.48. The Morgan fingerprint density at radius 3 is 3.31 bits per heavy atom. The molecule has 0 radical (unpaired) electrons. The first-order valence-corrected chi connectivity index (χ1v) is 4.74. The van der Waals surface area contributed by atoms with E-state index in [1.807, 2.05) is 6.07 Å².